The van der Waals surface area contributed by atoms with E-state index >= 15 is 0 Å². The second-order valence-corrected chi connectivity index (χ2v) is 6.69. The lowest BCUT2D eigenvalue weighted by molar-refractivity contribution is 0.102. The van der Waals surface area contributed by atoms with Gasteiger partial charge in [0.25, 0.3) is 5.91 Å². The number of imidazole rings is 1. The van der Waals surface area contributed by atoms with E-state index in [1.165, 1.54) is 0 Å². The Bertz CT molecular complexity index is 1160. The van der Waals surface area contributed by atoms with Crippen LogP contribution in [0.3, 0.4) is 0 Å². The third-order valence-corrected chi connectivity index (χ3v) is 4.66. The summed E-state index contributed by atoms with van der Waals surface area (Å²) in [5.41, 5.74) is 6.33. The summed E-state index contributed by atoms with van der Waals surface area (Å²) >= 11 is 0. The van der Waals surface area contributed by atoms with Gasteiger partial charge in [0.2, 0.25) is 5.78 Å². The molecule has 134 valence electrons. The maximum absolute atomic E-state index is 12.7. The lowest BCUT2D eigenvalue weighted by Crippen LogP contribution is -2.13. The average molecular weight is 356 g/mol. The van der Waals surface area contributed by atoms with E-state index in [2.05, 4.69) is 15.3 Å². The molecule has 0 atom stereocenters. The number of hydrogen-bond donors (Lipinski definition) is 1. The van der Waals surface area contributed by atoms with Gasteiger partial charge < -0.3 is 5.32 Å². The van der Waals surface area contributed by atoms with Crippen LogP contribution in [0.15, 0.2) is 60.9 Å². The monoisotopic (exact) mass is 356 g/mol. The highest BCUT2D eigenvalue weighted by Gasteiger charge is 2.13. The number of hydrogen-bond acceptors (Lipinski definition) is 3. The molecule has 0 saturated heterocycles. The molecule has 5 nitrogen and oxygen atoms in total. The molecule has 0 radical (unpaired) electrons. The second-order valence-electron chi connectivity index (χ2n) is 6.69. The highest BCUT2D eigenvalue weighted by atomic mass is 16.1. The number of fused-ring (bicyclic) bond motifs is 1. The molecule has 4 rings (SSSR count). The van der Waals surface area contributed by atoms with Crippen molar-refractivity contribution in [3.05, 3.63) is 83.3 Å². The average Bonchev–Trinajstić information content (AvgIpc) is 2.99. The summed E-state index contributed by atoms with van der Waals surface area (Å²) in [5, 5.41) is 2.99. The Hall–Kier alpha value is -3.47. The first kappa shape index (κ1) is 17.0. The summed E-state index contributed by atoms with van der Waals surface area (Å²) in [5.74, 6) is 0.549. The first-order chi connectivity index (χ1) is 13.0. The van der Waals surface area contributed by atoms with Crippen molar-refractivity contribution in [3.63, 3.8) is 0 Å². The van der Waals surface area contributed by atoms with Crippen LogP contribution in [0.1, 0.15) is 27.2 Å². The molecule has 27 heavy (non-hydrogen) atoms. The number of benzene rings is 2. The Morgan fingerprint density at radius 1 is 1.04 bits per heavy atom. The van der Waals surface area contributed by atoms with Crippen molar-refractivity contribution in [3.8, 4) is 11.3 Å². The Morgan fingerprint density at radius 2 is 1.89 bits per heavy atom. The molecule has 0 unspecified atom stereocenters. The zero-order chi connectivity index (χ0) is 19.0. The van der Waals surface area contributed by atoms with Gasteiger partial charge in [-0.2, -0.15) is 0 Å². The third-order valence-electron chi connectivity index (χ3n) is 4.66. The molecule has 0 aliphatic carbocycles. The van der Waals surface area contributed by atoms with Gasteiger partial charge in [-0.15, -0.1) is 0 Å². The number of aromatic nitrogens is 3. The molecule has 0 spiro atoms. The van der Waals surface area contributed by atoms with E-state index in [0.29, 0.717) is 11.3 Å². The summed E-state index contributed by atoms with van der Waals surface area (Å²) in [6.45, 7) is 5.98. The maximum atomic E-state index is 12.7. The topological polar surface area (TPSA) is 59.3 Å². The largest absolute Gasteiger partial charge is 0.322 e. The molecule has 4 aromatic rings. The molecule has 0 saturated carbocycles. The predicted octanol–water partition coefficient (Wildman–Crippen LogP) is 4.57. The number of amides is 1. The summed E-state index contributed by atoms with van der Waals surface area (Å²) in [7, 11) is 0. The smallest absolute Gasteiger partial charge is 0.255 e. The maximum Gasteiger partial charge on any atom is 0.255 e. The molecular formula is C22H20N4O. The van der Waals surface area contributed by atoms with Gasteiger partial charge in [0.15, 0.2) is 0 Å². The van der Waals surface area contributed by atoms with Gasteiger partial charge in [0.1, 0.15) is 0 Å². The Balaban J connectivity index is 1.66. The Morgan fingerprint density at radius 3 is 2.67 bits per heavy atom. The molecule has 2 aromatic carbocycles. The van der Waals surface area contributed by atoms with E-state index in [1.807, 2.05) is 79.9 Å². The lowest BCUT2D eigenvalue weighted by Gasteiger charge is -2.09. The van der Waals surface area contributed by atoms with Crippen LogP contribution in [0, 0.1) is 20.8 Å². The molecular weight excluding hydrogens is 336 g/mol. The van der Waals surface area contributed by atoms with Crippen LogP contribution in [0.25, 0.3) is 17.0 Å². The van der Waals surface area contributed by atoms with Crippen molar-refractivity contribution < 1.29 is 4.79 Å². The molecule has 5 heteroatoms. The van der Waals surface area contributed by atoms with Gasteiger partial charge >= 0.3 is 0 Å². The van der Waals surface area contributed by atoms with Crippen LogP contribution in [-0.4, -0.2) is 20.3 Å². The number of rotatable bonds is 3. The van der Waals surface area contributed by atoms with E-state index in [0.717, 1.165) is 33.8 Å². The molecule has 2 aromatic heterocycles. The Labute approximate surface area is 157 Å². The fraction of sp³-hybridized carbons (Fsp3) is 0.136. The minimum absolute atomic E-state index is 0.113. The minimum atomic E-state index is -0.113. The van der Waals surface area contributed by atoms with E-state index in [-0.39, 0.29) is 5.91 Å². The second kappa shape index (κ2) is 6.68. The van der Waals surface area contributed by atoms with Crippen molar-refractivity contribution in [2.24, 2.45) is 0 Å². The van der Waals surface area contributed by atoms with Gasteiger partial charge in [0, 0.05) is 34.9 Å². The SMILES string of the molecule is Cc1ccc(C(=O)Nc2cccc(-c3nc4ncccn4c3C)c2)c(C)c1. The van der Waals surface area contributed by atoms with Crippen LogP contribution >= 0.6 is 0 Å². The van der Waals surface area contributed by atoms with E-state index in [1.54, 1.807) is 6.20 Å². The van der Waals surface area contributed by atoms with Gasteiger partial charge in [-0.1, -0.05) is 29.8 Å². The van der Waals surface area contributed by atoms with E-state index in [4.69, 9.17) is 0 Å². The minimum Gasteiger partial charge on any atom is -0.322 e. The van der Waals surface area contributed by atoms with Crippen LogP contribution < -0.4 is 5.32 Å². The molecule has 1 N–H and O–H groups in total. The normalized spacial score (nSPS) is 10.9. The van der Waals surface area contributed by atoms with Crippen LogP contribution in [0.4, 0.5) is 5.69 Å². The van der Waals surface area contributed by atoms with Gasteiger partial charge in [-0.05, 0) is 50.6 Å². The third kappa shape index (κ3) is 3.19. The number of nitrogens with zero attached hydrogens (tertiary/aromatic N) is 3. The standard InChI is InChI=1S/C22H20N4O/c1-14-8-9-19(15(2)12-14)21(27)24-18-7-4-6-17(13-18)20-16(3)26-11-5-10-23-22(26)25-20/h4-13H,1-3H3,(H,24,27). The molecule has 0 aliphatic rings. The number of carbonyl (C=O) groups is 1. The van der Waals surface area contributed by atoms with Crippen LogP contribution in [0.2, 0.25) is 0 Å². The van der Waals surface area contributed by atoms with Gasteiger partial charge in [-0.3, -0.25) is 9.20 Å². The first-order valence-electron chi connectivity index (χ1n) is 8.81. The number of carbonyl (C=O) groups excluding carboxylic acids is 1. The summed E-state index contributed by atoms with van der Waals surface area (Å²) < 4.78 is 1.95. The summed E-state index contributed by atoms with van der Waals surface area (Å²) in [4.78, 5) is 21.6. The summed E-state index contributed by atoms with van der Waals surface area (Å²) in [6.07, 6.45) is 3.67. The fourth-order valence-corrected chi connectivity index (χ4v) is 3.29. The number of anilines is 1. The van der Waals surface area contributed by atoms with E-state index in [9.17, 15) is 4.79 Å². The highest BCUT2D eigenvalue weighted by Crippen LogP contribution is 2.26. The van der Waals surface area contributed by atoms with Crippen molar-refractivity contribution in [1.29, 1.82) is 0 Å². The highest BCUT2D eigenvalue weighted by molar-refractivity contribution is 6.05. The molecule has 0 aliphatic heterocycles. The first-order valence-corrected chi connectivity index (χ1v) is 8.81. The lowest BCUT2D eigenvalue weighted by atomic mass is 10.0. The van der Waals surface area contributed by atoms with Crippen molar-refractivity contribution >= 4 is 17.4 Å². The number of nitrogens with one attached hydrogen (secondary N) is 1. The van der Waals surface area contributed by atoms with Crippen molar-refractivity contribution in [2.45, 2.75) is 20.8 Å². The summed E-state index contributed by atoms with van der Waals surface area (Å²) in [6, 6.07) is 15.4. The molecule has 2 heterocycles. The predicted molar refractivity (Wildman–Crippen MR) is 107 cm³/mol. The molecule has 1 amide bonds. The molecule has 0 fully saturated rings. The van der Waals surface area contributed by atoms with Crippen molar-refractivity contribution in [1.82, 2.24) is 14.4 Å². The van der Waals surface area contributed by atoms with Crippen molar-refractivity contribution in [2.75, 3.05) is 5.32 Å². The van der Waals surface area contributed by atoms with E-state index < -0.39 is 0 Å². The van der Waals surface area contributed by atoms with Gasteiger partial charge in [-0.25, -0.2) is 9.97 Å². The Kier molecular flexibility index (Phi) is 4.20. The molecule has 0 bridgehead atoms. The van der Waals surface area contributed by atoms with Crippen LogP contribution in [0.5, 0.6) is 0 Å². The van der Waals surface area contributed by atoms with Gasteiger partial charge in [0.05, 0.1) is 5.69 Å². The quantitative estimate of drug-likeness (QED) is 0.585. The zero-order valence-electron chi connectivity index (χ0n) is 15.5. The fourth-order valence-electron chi connectivity index (χ4n) is 3.29. The van der Waals surface area contributed by atoms with Crippen LogP contribution in [-0.2, 0) is 0 Å². The zero-order valence-corrected chi connectivity index (χ0v) is 15.5. The number of aryl methyl sites for hydroxylation is 3.